The van der Waals surface area contributed by atoms with E-state index in [9.17, 15) is 4.79 Å². The Morgan fingerprint density at radius 3 is 1.67 bits per heavy atom. The minimum atomic E-state index is -1.50. The number of hydrogen-bond acceptors (Lipinski definition) is 3. The molecule has 5 heteroatoms. The summed E-state index contributed by atoms with van der Waals surface area (Å²) in [6, 6.07) is 0. The Labute approximate surface area is 102 Å². The van der Waals surface area contributed by atoms with Crippen molar-refractivity contribution in [3.63, 3.8) is 0 Å². The van der Waals surface area contributed by atoms with Gasteiger partial charge in [-0.3, -0.25) is 0 Å². The zero-order valence-corrected chi connectivity index (χ0v) is 9.53. The van der Waals surface area contributed by atoms with Gasteiger partial charge in [0.1, 0.15) is 0 Å². The third-order valence-corrected chi connectivity index (χ3v) is 1.64. The van der Waals surface area contributed by atoms with Gasteiger partial charge in [0.15, 0.2) is 17.4 Å². The Bertz CT molecular complexity index is 182. The third-order valence-electron chi connectivity index (χ3n) is 1.64. The van der Waals surface area contributed by atoms with Gasteiger partial charge in [0.05, 0.1) is 12.2 Å². The van der Waals surface area contributed by atoms with Crippen molar-refractivity contribution in [1.29, 1.82) is 0 Å². The number of hydrogen-bond donors (Lipinski definition) is 1. The molecule has 0 radical (unpaired) electrons. The average molecular weight is 234 g/mol. The normalized spacial score (nSPS) is 11.7. The molecule has 4 nitrogen and oxygen atoms in total. The third kappa shape index (κ3) is 5.53. The second-order valence-corrected chi connectivity index (χ2v) is 3.74. The topological polar surface area (TPSA) is 55.8 Å². The average Bonchev–Trinajstić information content (AvgIpc) is 2.00. The fourth-order valence-electron chi connectivity index (χ4n) is 1.21. The molecule has 0 fully saturated rings. The summed E-state index contributed by atoms with van der Waals surface area (Å²) in [6.07, 6.45) is -0.0619. The van der Waals surface area contributed by atoms with Crippen LogP contribution in [0, 0.1) is 0 Å². The molecular formula is C10H23AlO4. The number of ether oxygens (including phenoxy) is 2. The molecule has 0 atom stereocenters. The van der Waals surface area contributed by atoms with Gasteiger partial charge in [-0.2, -0.15) is 0 Å². The van der Waals surface area contributed by atoms with Crippen LogP contribution in [0.4, 0.5) is 0 Å². The molecule has 1 N–H and O–H groups in total. The van der Waals surface area contributed by atoms with Crippen LogP contribution in [-0.4, -0.2) is 46.4 Å². The Hall–Kier alpha value is -0.0775. The summed E-state index contributed by atoms with van der Waals surface area (Å²) >= 11 is 0. The second kappa shape index (κ2) is 7.24. The highest BCUT2D eigenvalue weighted by Gasteiger charge is 2.41. The van der Waals surface area contributed by atoms with Crippen LogP contribution in [0.2, 0.25) is 0 Å². The minimum absolute atomic E-state index is 0. The maximum atomic E-state index is 11.1. The van der Waals surface area contributed by atoms with Crippen molar-refractivity contribution in [2.45, 2.75) is 59.0 Å². The van der Waals surface area contributed by atoms with Crippen LogP contribution in [0.15, 0.2) is 0 Å². The van der Waals surface area contributed by atoms with Crippen molar-refractivity contribution in [3.8, 4) is 0 Å². The van der Waals surface area contributed by atoms with Crippen LogP contribution in [-0.2, 0) is 14.3 Å². The standard InChI is InChI=1S/C10H20O4.Al.3H/c1-6-10(9(11)12,13-7(2)3)14-8(4)5;;;;/h7-8H,6H2,1-5H3,(H,11,12);;;;. The lowest BCUT2D eigenvalue weighted by molar-refractivity contribution is -0.268. The van der Waals surface area contributed by atoms with Crippen molar-refractivity contribution in [3.05, 3.63) is 0 Å². The van der Waals surface area contributed by atoms with E-state index in [-0.39, 0.29) is 29.6 Å². The first-order valence-corrected chi connectivity index (χ1v) is 4.93. The highest BCUT2D eigenvalue weighted by atomic mass is 27.0. The molecule has 90 valence electrons. The molecule has 0 aromatic carbocycles. The highest BCUT2D eigenvalue weighted by Crippen LogP contribution is 2.22. The summed E-state index contributed by atoms with van der Waals surface area (Å²) in [5.74, 6) is -2.56. The first-order chi connectivity index (χ1) is 6.34. The molecule has 15 heavy (non-hydrogen) atoms. The molecule has 0 unspecified atom stereocenters. The van der Waals surface area contributed by atoms with Gasteiger partial charge in [0.25, 0.3) is 5.79 Å². The van der Waals surface area contributed by atoms with Crippen molar-refractivity contribution in [1.82, 2.24) is 0 Å². The SMILES string of the molecule is CCC(OC(C)C)(OC(C)C)C(=O)O.[AlH3]. The largest absolute Gasteiger partial charge is 0.477 e. The second-order valence-electron chi connectivity index (χ2n) is 3.74. The van der Waals surface area contributed by atoms with Crippen molar-refractivity contribution >= 4 is 23.3 Å². The van der Waals surface area contributed by atoms with E-state index < -0.39 is 11.8 Å². The van der Waals surface area contributed by atoms with Crippen LogP contribution in [0.25, 0.3) is 0 Å². The number of carboxylic acids is 1. The van der Waals surface area contributed by atoms with Crippen molar-refractivity contribution in [2.75, 3.05) is 0 Å². The maximum absolute atomic E-state index is 11.1. The first kappa shape index (κ1) is 17.3. The molecule has 0 aliphatic rings. The van der Waals surface area contributed by atoms with Gasteiger partial charge in [-0.25, -0.2) is 4.79 Å². The van der Waals surface area contributed by atoms with E-state index in [0.29, 0.717) is 6.42 Å². The van der Waals surface area contributed by atoms with Gasteiger partial charge in [0.2, 0.25) is 0 Å². The van der Waals surface area contributed by atoms with Gasteiger partial charge in [-0.05, 0) is 27.7 Å². The Balaban J connectivity index is 0. The summed E-state index contributed by atoms with van der Waals surface area (Å²) in [7, 11) is 0. The van der Waals surface area contributed by atoms with Gasteiger partial charge < -0.3 is 14.6 Å². The van der Waals surface area contributed by atoms with Gasteiger partial charge in [-0.15, -0.1) is 0 Å². The molecule has 0 aromatic rings. The van der Waals surface area contributed by atoms with E-state index in [0.717, 1.165) is 0 Å². The van der Waals surface area contributed by atoms with E-state index >= 15 is 0 Å². The minimum Gasteiger partial charge on any atom is -0.477 e. The van der Waals surface area contributed by atoms with Crippen LogP contribution >= 0.6 is 0 Å². The number of rotatable bonds is 6. The summed E-state index contributed by atoms with van der Waals surface area (Å²) in [5, 5.41) is 9.07. The van der Waals surface area contributed by atoms with E-state index in [4.69, 9.17) is 14.6 Å². The highest BCUT2D eigenvalue weighted by molar-refractivity contribution is 5.76. The van der Waals surface area contributed by atoms with Crippen LogP contribution in [0.1, 0.15) is 41.0 Å². The quantitative estimate of drug-likeness (QED) is 0.546. The Kier molecular flexibility index (Phi) is 8.36. The Morgan fingerprint density at radius 1 is 1.20 bits per heavy atom. The smallest absolute Gasteiger partial charge is 0.364 e. The maximum Gasteiger partial charge on any atom is 0.364 e. The summed E-state index contributed by atoms with van der Waals surface area (Å²) in [6.45, 7) is 8.89. The number of carboxylic acid groups (broad SMARTS) is 1. The summed E-state index contributed by atoms with van der Waals surface area (Å²) in [5.41, 5.74) is 0. The monoisotopic (exact) mass is 234 g/mol. The van der Waals surface area contributed by atoms with E-state index in [1.54, 1.807) is 34.6 Å². The first-order valence-electron chi connectivity index (χ1n) is 4.93. The molecule has 0 saturated carbocycles. The lowest BCUT2D eigenvalue weighted by atomic mass is 10.2. The van der Waals surface area contributed by atoms with Gasteiger partial charge >= 0.3 is 5.97 Å². The molecule has 0 heterocycles. The lowest BCUT2D eigenvalue weighted by Crippen LogP contribution is -2.47. The Morgan fingerprint density at radius 2 is 1.53 bits per heavy atom. The molecule has 0 aromatic heterocycles. The molecule has 0 aliphatic heterocycles. The van der Waals surface area contributed by atoms with Gasteiger partial charge in [-0.1, -0.05) is 6.92 Å². The molecule has 0 amide bonds. The molecule has 0 rings (SSSR count). The number of aliphatic carboxylic acids is 1. The summed E-state index contributed by atoms with van der Waals surface area (Å²) in [4.78, 5) is 11.1. The summed E-state index contributed by atoms with van der Waals surface area (Å²) < 4.78 is 10.7. The molecule has 0 bridgehead atoms. The van der Waals surface area contributed by atoms with Crippen molar-refractivity contribution in [2.24, 2.45) is 0 Å². The predicted octanol–water partition coefficient (Wildman–Crippen LogP) is 0.843. The molecular weight excluding hydrogens is 211 g/mol. The van der Waals surface area contributed by atoms with E-state index in [1.165, 1.54) is 0 Å². The molecule has 0 saturated heterocycles. The fourth-order valence-corrected chi connectivity index (χ4v) is 1.21. The fraction of sp³-hybridized carbons (Fsp3) is 0.900. The molecule has 0 spiro atoms. The van der Waals surface area contributed by atoms with Crippen LogP contribution in [0.3, 0.4) is 0 Å². The van der Waals surface area contributed by atoms with Gasteiger partial charge in [0, 0.05) is 6.42 Å². The number of carbonyl (C=O) groups is 1. The predicted molar refractivity (Wildman–Crippen MR) is 63.0 cm³/mol. The van der Waals surface area contributed by atoms with E-state index in [1.807, 2.05) is 0 Å². The van der Waals surface area contributed by atoms with Crippen molar-refractivity contribution < 1.29 is 19.4 Å². The zero-order chi connectivity index (χ0) is 11.4. The lowest BCUT2D eigenvalue weighted by Gasteiger charge is -2.32. The van der Waals surface area contributed by atoms with Crippen LogP contribution < -0.4 is 0 Å². The van der Waals surface area contributed by atoms with Crippen LogP contribution in [0.5, 0.6) is 0 Å². The zero-order valence-electron chi connectivity index (χ0n) is 9.53. The molecule has 0 aliphatic carbocycles. The van der Waals surface area contributed by atoms with E-state index in [2.05, 4.69) is 0 Å².